The van der Waals surface area contributed by atoms with Gasteiger partial charge in [0.2, 0.25) is 0 Å². The first kappa shape index (κ1) is 12.4. The largest absolute Gasteiger partial charge is 0.396 e. The fourth-order valence-corrected chi connectivity index (χ4v) is 2.24. The molecule has 0 unspecified atom stereocenters. The molecule has 1 fully saturated rings. The second kappa shape index (κ2) is 5.07. The summed E-state index contributed by atoms with van der Waals surface area (Å²) in [7, 11) is 0. The van der Waals surface area contributed by atoms with Crippen molar-refractivity contribution in [3.8, 4) is 0 Å². The van der Waals surface area contributed by atoms with Crippen LogP contribution in [0.3, 0.4) is 0 Å². The van der Waals surface area contributed by atoms with Crippen molar-refractivity contribution >= 4 is 17.5 Å². The van der Waals surface area contributed by atoms with Crippen LogP contribution in [0.5, 0.6) is 0 Å². The first-order valence-corrected chi connectivity index (χ1v) is 6.16. The fourth-order valence-electron chi connectivity index (χ4n) is 2.13. The van der Waals surface area contributed by atoms with Crippen molar-refractivity contribution in [2.75, 3.05) is 19.7 Å². The Hall–Kier alpha value is -1.06. The highest BCUT2D eigenvalue weighted by atomic mass is 35.5. The third-order valence-corrected chi connectivity index (χ3v) is 3.66. The minimum Gasteiger partial charge on any atom is -0.396 e. The van der Waals surface area contributed by atoms with E-state index in [2.05, 4.69) is 0 Å². The highest BCUT2D eigenvalue weighted by Crippen LogP contribution is 2.21. The van der Waals surface area contributed by atoms with Gasteiger partial charge in [0, 0.05) is 36.2 Å². The number of carbonyl (C=O) groups is 1. The van der Waals surface area contributed by atoms with Gasteiger partial charge >= 0.3 is 0 Å². The molecule has 0 radical (unpaired) electrons. The number of aliphatic hydroxyl groups is 1. The second-order valence-corrected chi connectivity index (χ2v) is 4.96. The van der Waals surface area contributed by atoms with Crippen LogP contribution in [0.2, 0.25) is 5.02 Å². The number of aliphatic hydroxyl groups excluding tert-OH is 1. The SMILES string of the molecule is Cc1cc(C(=O)N2CC[C@@H](CO)C2)ccc1Cl. The number of hydrogen-bond acceptors (Lipinski definition) is 2. The molecule has 1 aromatic carbocycles. The predicted molar refractivity (Wildman–Crippen MR) is 67.3 cm³/mol. The summed E-state index contributed by atoms with van der Waals surface area (Å²) in [6.07, 6.45) is 0.884. The number of rotatable bonds is 2. The molecule has 0 bridgehead atoms. The van der Waals surface area contributed by atoms with Crippen molar-refractivity contribution in [1.29, 1.82) is 0 Å². The number of carbonyl (C=O) groups excluding carboxylic acids is 1. The van der Waals surface area contributed by atoms with Gasteiger partial charge in [-0.1, -0.05) is 11.6 Å². The maximum Gasteiger partial charge on any atom is 0.253 e. The van der Waals surface area contributed by atoms with Crippen LogP contribution < -0.4 is 0 Å². The van der Waals surface area contributed by atoms with Gasteiger partial charge in [0.05, 0.1) is 0 Å². The van der Waals surface area contributed by atoms with Crippen molar-refractivity contribution in [3.63, 3.8) is 0 Å². The van der Waals surface area contributed by atoms with E-state index in [4.69, 9.17) is 16.7 Å². The molecule has 0 aromatic heterocycles. The van der Waals surface area contributed by atoms with Crippen LogP contribution in [-0.2, 0) is 0 Å². The van der Waals surface area contributed by atoms with Gasteiger partial charge in [0.1, 0.15) is 0 Å². The third kappa shape index (κ3) is 2.61. The topological polar surface area (TPSA) is 40.5 Å². The highest BCUT2D eigenvalue weighted by molar-refractivity contribution is 6.31. The molecule has 1 aromatic rings. The molecule has 0 spiro atoms. The second-order valence-electron chi connectivity index (χ2n) is 4.55. The van der Waals surface area contributed by atoms with E-state index in [-0.39, 0.29) is 18.4 Å². The molecule has 4 heteroatoms. The number of amides is 1. The van der Waals surface area contributed by atoms with Crippen LogP contribution in [0.1, 0.15) is 22.3 Å². The standard InChI is InChI=1S/C13H16ClNO2/c1-9-6-11(2-3-12(9)14)13(17)15-5-4-10(7-15)8-16/h2-3,6,10,16H,4-5,7-8H2,1H3/t10-/m1/s1. The van der Waals surface area contributed by atoms with E-state index in [0.29, 0.717) is 17.1 Å². The maximum atomic E-state index is 12.2. The van der Waals surface area contributed by atoms with Gasteiger partial charge in [-0.3, -0.25) is 4.79 Å². The van der Waals surface area contributed by atoms with Gasteiger partial charge in [-0.25, -0.2) is 0 Å². The summed E-state index contributed by atoms with van der Waals surface area (Å²) in [5.74, 6) is 0.257. The zero-order valence-electron chi connectivity index (χ0n) is 9.82. The molecular weight excluding hydrogens is 238 g/mol. The first-order valence-electron chi connectivity index (χ1n) is 5.78. The minimum absolute atomic E-state index is 0.0284. The van der Waals surface area contributed by atoms with Gasteiger partial charge in [-0.2, -0.15) is 0 Å². The van der Waals surface area contributed by atoms with E-state index in [9.17, 15) is 4.79 Å². The molecule has 1 atom stereocenters. The van der Waals surface area contributed by atoms with E-state index in [1.54, 1.807) is 17.0 Å². The number of aryl methyl sites for hydroxylation is 1. The third-order valence-electron chi connectivity index (χ3n) is 3.24. The Bertz CT molecular complexity index is 433. The maximum absolute atomic E-state index is 12.2. The molecule has 1 heterocycles. The van der Waals surface area contributed by atoms with Gasteiger partial charge in [-0.15, -0.1) is 0 Å². The molecule has 1 saturated heterocycles. The lowest BCUT2D eigenvalue weighted by Crippen LogP contribution is -2.29. The van der Waals surface area contributed by atoms with E-state index < -0.39 is 0 Å². The fraction of sp³-hybridized carbons (Fsp3) is 0.462. The average Bonchev–Trinajstić information content (AvgIpc) is 2.80. The monoisotopic (exact) mass is 253 g/mol. The number of likely N-dealkylation sites (tertiary alicyclic amines) is 1. The van der Waals surface area contributed by atoms with Crippen LogP contribution >= 0.6 is 11.6 Å². The first-order chi connectivity index (χ1) is 8.11. The number of nitrogens with zero attached hydrogens (tertiary/aromatic N) is 1. The Morgan fingerprint density at radius 1 is 1.59 bits per heavy atom. The van der Waals surface area contributed by atoms with Crippen molar-refractivity contribution in [2.45, 2.75) is 13.3 Å². The summed E-state index contributed by atoms with van der Waals surface area (Å²) in [5, 5.41) is 9.74. The normalized spacial score (nSPS) is 19.7. The Morgan fingerprint density at radius 2 is 2.35 bits per heavy atom. The molecule has 17 heavy (non-hydrogen) atoms. The van der Waals surface area contributed by atoms with Crippen LogP contribution in [0.4, 0.5) is 0 Å². The van der Waals surface area contributed by atoms with Gasteiger partial charge in [0.25, 0.3) is 5.91 Å². The smallest absolute Gasteiger partial charge is 0.253 e. The minimum atomic E-state index is 0.0284. The van der Waals surface area contributed by atoms with Crippen LogP contribution in [-0.4, -0.2) is 35.6 Å². The van der Waals surface area contributed by atoms with Gasteiger partial charge in [-0.05, 0) is 37.1 Å². The highest BCUT2D eigenvalue weighted by Gasteiger charge is 2.26. The van der Waals surface area contributed by atoms with Crippen molar-refractivity contribution < 1.29 is 9.90 Å². The lowest BCUT2D eigenvalue weighted by molar-refractivity contribution is 0.0782. The molecular formula is C13H16ClNO2. The van der Waals surface area contributed by atoms with Crippen LogP contribution in [0, 0.1) is 12.8 Å². The van der Waals surface area contributed by atoms with E-state index >= 15 is 0 Å². The summed E-state index contributed by atoms with van der Waals surface area (Å²) < 4.78 is 0. The predicted octanol–water partition coefficient (Wildman–Crippen LogP) is 2.10. The molecule has 1 amide bonds. The van der Waals surface area contributed by atoms with E-state index in [0.717, 1.165) is 18.5 Å². The molecule has 0 aliphatic carbocycles. The Balaban J connectivity index is 2.12. The average molecular weight is 254 g/mol. The summed E-state index contributed by atoms with van der Waals surface area (Å²) in [5.41, 5.74) is 1.58. The van der Waals surface area contributed by atoms with Gasteiger partial charge in [0.15, 0.2) is 0 Å². The van der Waals surface area contributed by atoms with Gasteiger partial charge < -0.3 is 10.0 Å². The van der Waals surface area contributed by atoms with E-state index in [1.807, 2.05) is 13.0 Å². The van der Waals surface area contributed by atoms with Crippen LogP contribution in [0.25, 0.3) is 0 Å². The summed E-state index contributed by atoms with van der Waals surface area (Å²) in [6.45, 7) is 3.42. The summed E-state index contributed by atoms with van der Waals surface area (Å²) in [4.78, 5) is 14.0. The molecule has 92 valence electrons. The van der Waals surface area contributed by atoms with Crippen LogP contribution in [0.15, 0.2) is 18.2 Å². The molecule has 3 nitrogen and oxygen atoms in total. The molecule has 1 aliphatic rings. The zero-order chi connectivity index (χ0) is 12.4. The van der Waals surface area contributed by atoms with Crippen molar-refractivity contribution in [2.24, 2.45) is 5.92 Å². The lowest BCUT2D eigenvalue weighted by atomic mass is 10.1. The van der Waals surface area contributed by atoms with Crippen molar-refractivity contribution in [3.05, 3.63) is 34.3 Å². The summed E-state index contributed by atoms with van der Waals surface area (Å²) in [6, 6.07) is 5.32. The lowest BCUT2D eigenvalue weighted by Gasteiger charge is -2.16. The molecule has 1 N–H and O–H groups in total. The summed E-state index contributed by atoms with van der Waals surface area (Å²) >= 11 is 5.93. The van der Waals surface area contributed by atoms with Crippen molar-refractivity contribution in [1.82, 2.24) is 4.90 Å². The Morgan fingerprint density at radius 3 is 2.94 bits per heavy atom. The molecule has 2 rings (SSSR count). The quantitative estimate of drug-likeness (QED) is 0.877. The number of halogens is 1. The molecule has 1 aliphatic heterocycles. The Kier molecular flexibility index (Phi) is 3.69. The Labute approximate surface area is 106 Å². The number of hydrogen-bond donors (Lipinski definition) is 1. The number of benzene rings is 1. The zero-order valence-corrected chi connectivity index (χ0v) is 10.6. The van der Waals surface area contributed by atoms with E-state index in [1.165, 1.54) is 0 Å². The molecule has 0 saturated carbocycles.